The highest BCUT2D eigenvalue weighted by molar-refractivity contribution is 6.30. The summed E-state index contributed by atoms with van der Waals surface area (Å²) in [7, 11) is 1.40. The van der Waals surface area contributed by atoms with Gasteiger partial charge in [-0.1, -0.05) is 35.9 Å². The van der Waals surface area contributed by atoms with Crippen LogP contribution in [0.1, 0.15) is 16.7 Å². The first-order valence-corrected chi connectivity index (χ1v) is 7.11. The molecular formula is C17H18ClNO2. The summed E-state index contributed by atoms with van der Waals surface area (Å²) in [5.74, 6) is -0.244. The highest BCUT2D eigenvalue weighted by Crippen LogP contribution is 2.20. The standard InChI is InChI=1S/C17H18ClNO2/c1-12-9-15(18)8-7-14(12)11-19-16-6-4-3-5-13(16)10-17(20)21-2/h3-9,19H,10-11H2,1-2H3. The van der Waals surface area contributed by atoms with Crippen LogP contribution in [0, 0.1) is 6.92 Å². The van der Waals surface area contributed by atoms with E-state index in [1.807, 2.05) is 49.4 Å². The topological polar surface area (TPSA) is 38.3 Å². The Labute approximate surface area is 129 Å². The second kappa shape index (κ2) is 7.14. The molecule has 21 heavy (non-hydrogen) atoms. The van der Waals surface area contributed by atoms with Crippen LogP contribution in [0.2, 0.25) is 5.02 Å². The molecule has 4 heteroatoms. The van der Waals surface area contributed by atoms with Gasteiger partial charge in [-0.2, -0.15) is 0 Å². The second-order valence-electron chi connectivity index (χ2n) is 4.83. The van der Waals surface area contributed by atoms with Gasteiger partial charge in [0.05, 0.1) is 13.5 Å². The quantitative estimate of drug-likeness (QED) is 0.849. The molecule has 2 rings (SSSR count). The Balaban J connectivity index is 2.11. The molecule has 0 atom stereocenters. The fourth-order valence-corrected chi connectivity index (χ4v) is 2.35. The van der Waals surface area contributed by atoms with Crippen LogP contribution in [-0.2, 0) is 22.5 Å². The summed E-state index contributed by atoms with van der Waals surface area (Å²) in [6, 6.07) is 13.6. The molecule has 3 nitrogen and oxygen atoms in total. The number of ether oxygens (including phenoxy) is 1. The predicted octanol–water partition coefficient (Wildman–Crippen LogP) is 3.98. The van der Waals surface area contributed by atoms with Crippen molar-refractivity contribution < 1.29 is 9.53 Å². The van der Waals surface area contributed by atoms with Crippen LogP contribution < -0.4 is 5.32 Å². The molecule has 0 saturated heterocycles. The average molecular weight is 304 g/mol. The van der Waals surface area contributed by atoms with Crippen LogP contribution in [0.25, 0.3) is 0 Å². The summed E-state index contributed by atoms with van der Waals surface area (Å²) >= 11 is 5.96. The number of rotatable bonds is 5. The number of hydrogen-bond acceptors (Lipinski definition) is 3. The van der Waals surface area contributed by atoms with Gasteiger partial charge in [-0.25, -0.2) is 0 Å². The third-order valence-corrected chi connectivity index (χ3v) is 3.59. The van der Waals surface area contributed by atoms with E-state index in [2.05, 4.69) is 5.32 Å². The van der Waals surface area contributed by atoms with Crippen molar-refractivity contribution in [2.75, 3.05) is 12.4 Å². The lowest BCUT2D eigenvalue weighted by Crippen LogP contribution is -2.08. The maximum absolute atomic E-state index is 11.4. The lowest BCUT2D eigenvalue weighted by Gasteiger charge is -2.13. The van der Waals surface area contributed by atoms with Gasteiger partial charge in [0.1, 0.15) is 0 Å². The number of aryl methyl sites for hydroxylation is 1. The van der Waals surface area contributed by atoms with Crippen LogP contribution in [0.4, 0.5) is 5.69 Å². The first-order valence-electron chi connectivity index (χ1n) is 6.74. The van der Waals surface area contributed by atoms with Crippen molar-refractivity contribution in [3.05, 3.63) is 64.2 Å². The Bertz CT molecular complexity index is 640. The molecule has 0 aliphatic heterocycles. The summed E-state index contributed by atoms with van der Waals surface area (Å²) in [4.78, 5) is 11.4. The molecule has 0 bridgehead atoms. The van der Waals surface area contributed by atoms with Crippen LogP contribution >= 0.6 is 11.6 Å². The molecule has 0 spiro atoms. The van der Waals surface area contributed by atoms with E-state index in [1.165, 1.54) is 12.7 Å². The van der Waals surface area contributed by atoms with Gasteiger partial charge in [-0.15, -0.1) is 0 Å². The number of hydrogen-bond donors (Lipinski definition) is 1. The van der Waals surface area contributed by atoms with E-state index in [0.717, 1.165) is 21.8 Å². The SMILES string of the molecule is COC(=O)Cc1ccccc1NCc1ccc(Cl)cc1C. The number of anilines is 1. The fourth-order valence-electron chi connectivity index (χ4n) is 2.12. The maximum atomic E-state index is 11.4. The van der Waals surface area contributed by atoms with Gasteiger partial charge in [0.15, 0.2) is 0 Å². The lowest BCUT2D eigenvalue weighted by molar-refractivity contribution is -0.139. The number of esters is 1. The average Bonchev–Trinajstić information content (AvgIpc) is 2.47. The third kappa shape index (κ3) is 4.23. The molecule has 2 aromatic carbocycles. The number of carbonyl (C=O) groups excluding carboxylic acids is 1. The molecule has 0 fully saturated rings. The predicted molar refractivity (Wildman–Crippen MR) is 85.7 cm³/mol. The summed E-state index contributed by atoms with van der Waals surface area (Å²) in [5.41, 5.74) is 4.18. The molecular weight excluding hydrogens is 286 g/mol. The van der Waals surface area contributed by atoms with Crippen LogP contribution in [0.15, 0.2) is 42.5 Å². The second-order valence-corrected chi connectivity index (χ2v) is 5.27. The third-order valence-electron chi connectivity index (χ3n) is 3.35. The Morgan fingerprint density at radius 3 is 2.67 bits per heavy atom. The van der Waals surface area contributed by atoms with Crippen LogP contribution in [0.3, 0.4) is 0 Å². The molecule has 0 heterocycles. The first-order chi connectivity index (χ1) is 10.1. The summed E-state index contributed by atoms with van der Waals surface area (Å²) in [6.07, 6.45) is 0.263. The highest BCUT2D eigenvalue weighted by atomic mass is 35.5. The lowest BCUT2D eigenvalue weighted by atomic mass is 10.1. The number of methoxy groups -OCH3 is 1. The number of halogens is 1. The molecule has 0 aliphatic rings. The largest absolute Gasteiger partial charge is 0.469 e. The van der Waals surface area contributed by atoms with Gasteiger partial charge < -0.3 is 10.1 Å². The first kappa shape index (κ1) is 15.4. The summed E-state index contributed by atoms with van der Waals surface area (Å²) in [6.45, 7) is 2.71. The van der Waals surface area contributed by atoms with E-state index < -0.39 is 0 Å². The maximum Gasteiger partial charge on any atom is 0.310 e. The van der Waals surface area contributed by atoms with Gasteiger partial charge in [-0.05, 0) is 41.8 Å². The van der Waals surface area contributed by atoms with Gasteiger partial charge in [0.2, 0.25) is 0 Å². The molecule has 0 aromatic heterocycles. The molecule has 0 aliphatic carbocycles. The van der Waals surface area contributed by atoms with E-state index >= 15 is 0 Å². The van der Waals surface area contributed by atoms with E-state index in [9.17, 15) is 4.79 Å². The van der Waals surface area contributed by atoms with Crippen molar-refractivity contribution in [1.82, 2.24) is 0 Å². The van der Waals surface area contributed by atoms with E-state index in [0.29, 0.717) is 6.54 Å². The zero-order valence-corrected chi connectivity index (χ0v) is 12.9. The minimum atomic E-state index is -0.244. The number of nitrogens with one attached hydrogen (secondary N) is 1. The monoisotopic (exact) mass is 303 g/mol. The van der Waals surface area contributed by atoms with Gasteiger partial charge in [0.25, 0.3) is 0 Å². The molecule has 0 unspecified atom stereocenters. The zero-order valence-electron chi connectivity index (χ0n) is 12.2. The van der Waals surface area contributed by atoms with Crippen LogP contribution in [0.5, 0.6) is 0 Å². The van der Waals surface area contributed by atoms with E-state index in [-0.39, 0.29) is 12.4 Å². The number of benzene rings is 2. The van der Waals surface area contributed by atoms with Crippen molar-refractivity contribution in [2.45, 2.75) is 19.9 Å². The fraction of sp³-hybridized carbons (Fsp3) is 0.235. The molecule has 2 aromatic rings. The van der Waals surface area contributed by atoms with Gasteiger partial charge in [0, 0.05) is 17.3 Å². The molecule has 0 amide bonds. The Morgan fingerprint density at radius 1 is 1.19 bits per heavy atom. The van der Waals surface area contributed by atoms with Gasteiger partial charge in [-0.3, -0.25) is 4.79 Å². The van der Waals surface area contributed by atoms with Crippen molar-refractivity contribution in [2.24, 2.45) is 0 Å². The van der Waals surface area contributed by atoms with Crippen molar-refractivity contribution in [3.63, 3.8) is 0 Å². The van der Waals surface area contributed by atoms with Gasteiger partial charge >= 0.3 is 5.97 Å². The minimum Gasteiger partial charge on any atom is -0.469 e. The Morgan fingerprint density at radius 2 is 1.95 bits per heavy atom. The molecule has 1 N–H and O–H groups in total. The molecule has 0 radical (unpaired) electrons. The number of para-hydroxylation sites is 1. The van der Waals surface area contributed by atoms with Crippen molar-refractivity contribution in [3.8, 4) is 0 Å². The van der Waals surface area contributed by atoms with Crippen LogP contribution in [-0.4, -0.2) is 13.1 Å². The highest BCUT2D eigenvalue weighted by Gasteiger charge is 2.08. The normalized spacial score (nSPS) is 10.2. The van der Waals surface area contributed by atoms with E-state index in [4.69, 9.17) is 16.3 Å². The number of carbonyl (C=O) groups is 1. The summed E-state index contributed by atoms with van der Waals surface area (Å²) < 4.78 is 4.72. The summed E-state index contributed by atoms with van der Waals surface area (Å²) in [5, 5.41) is 4.11. The zero-order chi connectivity index (χ0) is 15.2. The Hall–Kier alpha value is -2.00. The smallest absolute Gasteiger partial charge is 0.310 e. The van der Waals surface area contributed by atoms with Crippen molar-refractivity contribution >= 4 is 23.3 Å². The van der Waals surface area contributed by atoms with E-state index in [1.54, 1.807) is 0 Å². The molecule has 110 valence electrons. The van der Waals surface area contributed by atoms with Crippen molar-refractivity contribution in [1.29, 1.82) is 0 Å². The molecule has 0 saturated carbocycles. The Kier molecular flexibility index (Phi) is 5.23. The minimum absolute atomic E-state index is 0.244.